The van der Waals surface area contributed by atoms with E-state index in [1.807, 2.05) is 0 Å². The van der Waals surface area contributed by atoms with Crippen LogP contribution >= 0.6 is 0 Å². The summed E-state index contributed by atoms with van der Waals surface area (Å²) in [6.07, 6.45) is 7.93. The molecule has 0 radical (unpaired) electrons. The number of hydrogen-bond acceptors (Lipinski definition) is 4. The van der Waals surface area contributed by atoms with Crippen LogP contribution < -0.4 is 5.73 Å². The van der Waals surface area contributed by atoms with E-state index >= 15 is 0 Å². The molecule has 1 saturated heterocycles. The third-order valence-corrected chi connectivity index (χ3v) is 6.93. The molecular formula is C14H28N2O3S. The summed E-state index contributed by atoms with van der Waals surface area (Å²) in [5, 5.41) is 0. The molecule has 0 spiro atoms. The standard InChI is InChI=1S/C14H28N2O3S/c1-16(14(12-15)8-4-2-3-5-9-14)20(17,18)11-13-7-6-10-19-13/h13H,2-12,15H2,1H3. The van der Waals surface area contributed by atoms with Crippen LogP contribution in [-0.4, -0.2) is 50.3 Å². The van der Waals surface area contributed by atoms with E-state index in [0.29, 0.717) is 13.2 Å². The van der Waals surface area contributed by atoms with Crippen molar-refractivity contribution in [3.8, 4) is 0 Å². The van der Waals surface area contributed by atoms with Crippen molar-refractivity contribution in [2.24, 2.45) is 5.73 Å². The number of nitrogens with zero attached hydrogens (tertiary/aromatic N) is 1. The Kier molecular flexibility index (Phi) is 5.45. The van der Waals surface area contributed by atoms with E-state index < -0.39 is 10.0 Å². The van der Waals surface area contributed by atoms with E-state index in [1.165, 1.54) is 12.8 Å². The van der Waals surface area contributed by atoms with E-state index in [-0.39, 0.29) is 17.4 Å². The normalized spacial score (nSPS) is 27.6. The fourth-order valence-corrected chi connectivity index (χ4v) is 5.26. The summed E-state index contributed by atoms with van der Waals surface area (Å²) in [5.41, 5.74) is 5.60. The van der Waals surface area contributed by atoms with Gasteiger partial charge in [-0.25, -0.2) is 8.42 Å². The minimum atomic E-state index is -3.30. The Labute approximate surface area is 122 Å². The average molecular weight is 304 g/mol. The Bertz CT molecular complexity index is 397. The van der Waals surface area contributed by atoms with Gasteiger partial charge in [0.15, 0.2) is 0 Å². The summed E-state index contributed by atoms with van der Waals surface area (Å²) >= 11 is 0. The van der Waals surface area contributed by atoms with Crippen molar-refractivity contribution in [3.63, 3.8) is 0 Å². The summed E-state index contributed by atoms with van der Waals surface area (Å²) < 4.78 is 32.4. The van der Waals surface area contributed by atoms with E-state index in [2.05, 4.69) is 0 Å². The van der Waals surface area contributed by atoms with E-state index in [9.17, 15) is 8.42 Å². The highest BCUT2D eigenvalue weighted by Crippen LogP contribution is 2.33. The van der Waals surface area contributed by atoms with Crippen LogP contribution in [-0.2, 0) is 14.8 Å². The first-order valence-electron chi connectivity index (χ1n) is 7.79. The molecule has 0 bridgehead atoms. The van der Waals surface area contributed by atoms with Gasteiger partial charge in [-0.05, 0) is 25.7 Å². The van der Waals surface area contributed by atoms with Crippen LogP contribution in [0.15, 0.2) is 0 Å². The molecule has 118 valence electrons. The predicted molar refractivity (Wildman–Crippen MR) is 80.0 cm³/mol. The Morgan fingerprint density at radius 2 is 1.85 bits per heavy atom. The fourth-order valence-electron chi connectivity index (χ4n) is 3.45. The number of rotatable bonds is 5. The molecule has 1 saturated carbocycles. The lowest BCUT2D eigenvalue weighted by Gasteiger charge is -2.40. The maximum atomic E-state index is 12.7. The van der Waals surface area contributed by atoms with Gasteiger partial charge >= 0.3 is 0 Å². The molecule has 0 amide bonds. The van der Waals surface area contributed by atoms with Gasteiger partial charge in [-0.1, -0.05) is 25.7 Å². The lowest BCUT2D eigenvalue weighted by atomic mass is 9.90. The minimum Gasteiger partial charge on any atom is -0.377 e. The molecule has 6 heteroatoms. The first-order chi connectivity index (χ1) is 9.50. The largest absolute Gasteiger partial charge is 0.377 e. The highest BCUT2D eigenvalue weighted by Gasteiger charge is 2.41. The lowest BCUT2D eigenvalue weighted by Crippen LogP contribution is -2.55. The number of hydrogen-bond donors (Lipinski definition) is 1. The summed E-state index contributed by atoms with van der Waals surface area (Å²) in [4.78, 5) is 0. The van der Waals surface area contributed by atoms with Crippen molar-refractivity contribution >= 4 is 10.0 Å². The van der Waals surface area contributed by atoms with Crippen molar-refractivity contribution in [2.45, 2.75) is 63.0 Å². The molecule has 2 N–H and O–H groups in total. The van der Waals surface area contributed by atoms with Crippen molar-refractivity contribution in [2.75, 3.05) is 26.0 Å². The average Bonchev–Trinajstić information content (AvgIpc) is 2.79. The SMILES string of the molecule is CN(C1(CN)CCCCCC1)S(=O)(=O)CC1CCCO1. The van der Waals surface area contributed by atoms with E-state index in [4.69, 9.17) is 10.5 Å². The second-order valence-corrected chi connectivity index (χ2v) is 8.27. The fraction of sp³-hybridized carbons (Fsp3) is 1.00. The third kappa shape index (κ3) is 3.53. The maximum Gasteiger partial charge on any atom is 0.216 e. The first kappa shape index (κ1) is 16.2. The molecule has 0 aromatic rings. The maximum absolute atomic E-state index is 12.7. The first-order valence-corrected chi connectivity index (χ1v) is 9.39. The minimum absolute atomic E-state index is 0.102. The molecule has 2 rings (SSSR count). The van der Waals surface area contributed by atoms with Crippen LogP contribution in [0.25, 0.3) is 0 Å². The van der Waals surface area contributed by atoms with Crippen LogP contribution in [0, 0.1) is 0 Å². The van der Waals surface area contributed by atoms with E-state index in [0.717, 1.165) is 38.5 Å². The summed E-state index contributed by atoms with van der Waals surface area (Å²) in [5.74, 6) is 0.102. The molecule has 20 heavy (non-hydrogen) atoms. The summed E-state index contributed by atoms with van der Waals surface area (Å²) in [7, 11) is -1.59. The molecule has 5 nitrogen and oxygen atoms in total. The lowest BCUT2D eigenvalue weighted by molar-refractivity contribution is 0.124. The zero-order valence-electron chi connectivity index (χ0n) is 12.5. The Morgan fingerprint density at radius 3 is 2.35 bits per heavy atom. The van der Waals surface area contributed by atoms with Crippen LogP contribution in [0.5, 0.6) is 0 Å². The molecule has 2 fully saturated rings. The van der Waals surface area contributed by atoms with Gasteiger partial charge in [0.25, 0.3) is 0 Å². The molecule has 1 aliphatic carbocycles. The molecule has 1 unspecified atom stereocenters. The number of sulfonamides is 1. The molecule has 0 aromatic heterocycles. The van der Waals surface area contributed by atoms with Gasteiger partial charge in [0.1, 0.15) is 0 Å². The van der Waals surface area contributed by atoms with Gasteiger partial charge in [0.05, 0.1) is 11.9 Å². The number of nitrogens with two attached hydrogens (primary N) is 1. The zero-order valence-corrected chi connectivity index (χ0v) is 13.3. The molecule has 1 heterocycles. The van der Waals surface area contributed by atoms with Crippen molar-refractivity contribution in [1.29, 1.82) is 0 Å². The van der Waals surface area contributed by atoms with Gasteiger partial charge in [0.2, 0.25) is 10.0 Å². The summed E-state index contributed by atoms with van der Waals surface area (Å²) in [6.45, 7) is 1.10. The number of likely N-dealkylation sites (N-methyl/N-ethyl adjacent to an activating group) is 1. The van der Waals surface area contributed by atoms with Gasteiger partial charge in [-0.2, -0.15) is 4.31 Å². The van der Waals surface area contributed by atoms with Crippen LogP contribution in [0.3, 0.4) is 0 Å². The van der Waals surface area contributed by atoms with Gasteiger partial charge in [-0.3, -0.25) is 0 Å². The van der Waals surface area contributed by atoms with Crippen LogP contribution in [0.1, 0.15) is 51.4 Å². The van der Waals surface area contributed by atoms with Crippen molar-refractivity contribution in [1.82, 2.24) is 4.31 Å². The summed E-state index contributed by atoms with van der Waals surface area (Å²) in [6, 6.07) is 0. The number of ether oxygens (including phenoxy) is 1. The molecule has 2 aliphatic rings. The van der Waals surface area contributed by atoms with Gasteiger partial charge in [0, 0.05) is 25.7 Å². The van der Waals surface area contributed by atoms with Crippen molar-refractivity contribution < 1.29 is 13.2 Å². The van der Waals surface area contributed by atoms with E-state index in [1.54, 1.807) is 11.4 Å². The van der Waals surface area contributed by atoms with Crippen molar-refractivity contribution in [3.05, 3.63) is 0 Å². The predicted octanol–water partition coefficient (Wildman–Crippen LogP) is 1.48. The van der Waals surface area contributed by atoms with Crippen LogP contribution in [0.4, 0.5) is 0 Å². The molecular weight excluding hydrogens is 276 g/mol. The smallest absolute Gasteiger partial charge is 0.216 e. The highest BCUT2D eigenvalue weighted by molar-refractivity contribution is 7.89. The molecule has 1 aliphatic heterocycles. The Balaban J connectivity index is 2.10. The molecule has 1 atom stereocenters. The topological polar surface area (TPSA) is 72.6 Å². The second-order valence-electron chi connectivity index (χ2n) is 6.22. The Morgan fingerprint density at radius 1 is 1.20 bits per heavy atom. The highest BCUT2D eigenvalue weighted by atomic mass is 32.2. The molecule has 0 aromatic carbocycles. The quantitative estimate of drug-likeness (QED) is 0.781. The third-order valence-electron chi connectivity index (χ3n) is 4.92. The van der Waals surface area contributed by atoms with Crippen LogP contribution in [0.2, 0.25) is 0 Å². The van der Waals surface area contributed by atoms with Gasteiger partial charge < -0.3 is 10.5 Å². The Hall–Kier alpha value is -0.170. The van der Waals surface area contributed by atoms with Gasteiger partial charge in [-0.15, -0.1) is 0 Å². The second kappa shape index (κ2) is 6.73. The zero-order chi connectivity index (χ0) is 14.6. The monoisotopic (exact) mass is 304 g/mol.